The van der Waals surface area contributed by atoms with Gasteiger partial charge in [-0.05, 0) is 19.1 Å². The Balaban J connectivity index is 2.90. The van der Waals surface area contributed by atoms with E-state index in [-0.39, 0.29) is 0 Å². The Morgan fingerprint density at radius 1 is 1.45 bits per heavy atom. The molecule has 0 spiro atoms. The van der Waals surface area contributed by atoms with Gasteiger partial charge in [-0.1, -0.05) is 6.07 Å². The SMILES string of the molecule is Cc1cccc2nc(N)nn12. The van der Waals surface area contributed by atoms with Crippen molar-refractivity contribution in [3.8, 4) is 0 Å². The lowest BCUT2D eigenvalue weighted by atomic mass is 10.4. The van der Waals surface area contributed by atoms with Gasteiger partial charge in [0.05, 0.1) is 0 Å². The quantitative estimate of drug-likeness (QED) is 0.595. The fourth-order valence-electron chi connectivity index (χ4n) is 1.05. The number of aromatic nitrogens is 3. The smallest absolute Gasteiger partial charge is 0.240 e. The summed E-state index contributed by atoms with van der Waals surface area (Å²) in [5.74, 6) is 0.319. The van der Waals surface area contributed by atoms with E-state index in [0.29, 0.717) is 5.95 Å². The van der Waals surface area contributed by atoms with Crippen LogP contribution in [0.15, 0.2) is 18.2 Å². The van der Waals surface area contributed by atoms with Crippen LogP contribution in [-0.2, 0) is 0 Å². The van der Waals surface area contributed by atoms with Crippen molar-refractivity contribution < 1.29 is 0 Å². The Morgan fingerprint density at radius 2 is 2.27 bits per heavy atom. The van der Waals surface area contributed by atoms with E-state index >= 15 is 0 Å². The highest BCUT2D eigenvalue weighted by Gasteiger charge is 1.99. The number of nitrogens with two attached hydrogens (primary N) is 1. The summed E-state index contributed by atoms with van der Waals surface area (Å²) in [4.78, 5) is 4.00. The molecule has 0 aliphatic rings. The van der Waals surface area contributed by atoms with Crippen molar-refractivity contribution in [1.82, 2.24) is 14.6 Å². The van der Waals surface area contributed by atoms with E-state index in [4.69, 9.17) is 5.73 Å². The Kier molecular flexibility index (Phi) is 1.09. The maximum Gasteiger partial charge on any atom is 0.240 e. The molecular formula is C7H8N4. The minimum Gasteiger partial charge on any atom is -0.366 e. The van der Waals surface area contributed by atoms with E-state index in [1.54, 1.807) is 4.52 Å². The second-order valence-corrected chi connectivity index (χ2v) is 2.41. The Morgan fingerprint density at radius 3 is 3.00 bits per heavy atom. The van der Waals surface area contributed by atoms with Crippen molar-refractivity contribution in [3.63, 3.8) is 0 Å². The summed E-state index contributed by atoms with van der Waals surface area (Å²) in [5.41, 5.74) is 7.24. The first kappa shape index (κ1) is 6.15. The van der Waals surface area contributed by atoms with E-state index in [0.717, 1.165) is 11.3 Å². The molecule has 0 unspecified atom stereocenters. The molecule has 2 aromatic heterocycles. The number of hydrogen-bond acceptors (Lipinski definition) is 3. The lowest BCUT2D eigenvalue weighted by Gasteiger charge is -1.93. The Hall–Kier alpha value is -1.58. The summed E-state index contributed by atoms with van der Waals surface area (Å²) in [6, 6.07) is 5.76. The zero-order valence-corrected chi connectivity index (χ0v) is 6.15. The molecule has 56 valence electrons. The van der Waals surface area contributed by atoms with Crippen molar-refractivity contribution in [2.24, 2.45) is 0 Å². The molecule has 4 heteroatoms. The molecule has 0 fully saturated rings. The van der Waals surface area contributed by atoms with Crippen LogP contribution in [0.4, 0.5) is 5.95 Å². The van der Waals surface area contributed by atoms with Crippen LogP contribution in [0.1, 0.15) is 5.69 Å². The van der Waals surface area contributed by atoms with Crippen LogP contribution in [0.2, 0.25) is 0 Å². The fraction of sp³-hybridized carbons (Fsp3) is 0.143. The number of rotatable bonds is 0. The molecule has 0 saturated carbocycles. The number of nitrogen functional groups attached to an aromatic ring is 1. The molecule has 2 aromatic rings. The van der Waals surface area contributed by atoms with Gasteiger partial charge in [-0.2, -0.15) is 4.98 Å². The predicted molar refractivity (Wildman–Crippen MR) is 42.1 cm³/mol. The van der Waals surface area contributed by atoms with Gasteiger partial charge in [-0.15, -0.1) is 5.10 Å². The molecule has 4 nitrogen and oxygen atoms in total. The minimum absolute atomic E-state index is 0.319. The average Bonchev–Trinajstić information content (AvgIpc) is 2.31. The normalized spacial score (nSPS) is 10.6. The third-order valence-corrected chi connectivity index (χ3v) is 1.57. The van der Waals surface area contributed by atoms with Gasteiger partial charge in [0.25, 0.3) is 0 Å². The maximum absolute atomic E-state index is 5.42. The van der Waals surface area contributed by atoms with Gasteiger partial charge in [-0.3, -0.25) is 0 Å². The van der Waals surface area contributed by atoms with Crippen LogP contribution in [0.5, 0.6) is 0 Å². The highest BCUT2D eigenvalue weighted by atomic mass is 15.3. The first-order valence-electron chi connectivity index (χ1n) is 3.35. The van der Waals surface area contributed by atoms with Crippen LogP contribution in [-0.4, -0.2) is 14.6 Å². The topological polar surface area (TPSA) is 56.2 Å². The monoisotopic (exact) mass is 148 g/mol. The largest absolute Gasteiger partial charge is 0.366 e. The highest BCUT2D eigenvalue weighted by molar-refractivity contribution is 5.42. The first-order valence-corrected chi connectivity index (χ1v) is 3.35. The minimum atomic E-state index is 0.319. The Bertz CT molecular complexity index is 390. The molecule has 0 amide bonds. The van der Waals surface area contributed by atoms with E-state index in [1.807, 2.05) is 25.1 Å². The number of fused-ring (bicyclic) bond motifs is 1. The van der Waals surface area contributed by atoms with Gasteiger partial charge in [0.2, 0.25) is 5.95 Å². The van der Waals surface area contributed by atoms with E-state index in [9.17, 15) is 0 Å². The van der Waals surface area contributed by atoms with Crippen molar-refractivity contribution in [3.05, 3.63) is 23.9 Å². The van der Waals surface area contributed by atoms with Crippen molar-refractivity contribution in [1.29, 1.82) is 0 Å². The zero-order chi connectivity index (χ0) is 7.84. The standard InChI is InChI=1S/C7H8N4/c1-5-3-2-4-6-9-7(8)10-11(5)6/h2-4H,1H3,(H2,8,10). The number of pyridine rings is 1. The summed E-state index contributed by atoms with van der Waals surface area (Å²) < 4.78 is 1.72. The summed E-state index contributed by atoms with van der Waals surface area (Å²) in [7, 11) is 0. The Labute approximate surface area is 63.7 Å². The lowest BCUT2D eigenvalue weighted by molar-refractivity contribution is 0.920. The third kappa shape index (κ3) is 0.832. The summed E-state index contributed by atoms with van der Waals surface area (Å²) in [6.07, 6.45) is 0. The zero-order valence-electron chi connectivity index (χ0n) is 6.15. The van der Waals surface area contributed by atoms with Gasteiger partial charge in [-0.25, -0.2) is 4.52 Å². The van der Waals surface area contributed by atoms with E-state index in [2.05, 4.69) is 10.1 Å². The maximum atomic E-state index is 5.42. The summed E-state index contributed by atoms with van der Waals surface area (Å²) in [6.45, 7) is 1.96. The van der Waals surface area contributed by atoms with Crippen LogP contribution in [0.25, 0.3) is 5.65 Å². The van der Waals surface area contributed by atoms with E-state index in [1.165, 1.54) is 0 Å². The van der Waals surface area contributed by atoms with Crippen molar-refractivity contribution in [2.75, 3.05) is 5.73 Å². The number of aryl methyl sites for hydroxylation is 1. The molecule has 0 aromatic carbocycles. The molecule has 0 saturated heterocycles. The van der Waals surface area contributed by atoms with Gasteiger partial charge < -0.3 is 5.73 Å². The van der Waals surface area contributed by atoms with Crippen LogP contribution >= 0.6 is 0 Å². The van der Waals surface area contributed by atoms with Crippen LogP contribution in [0, 0.1) is 6.92 Å². The molecule has 2 N–H and O–H groups in total. The summed E-state index contributed by atoms with van der Waals surface area (Å²) >= 11 is 0. The molecule has 0 aliphatic heterocycles. The molecular weight excluding hydrogens is 140 g/mol. The molecule has 0 aliphatic carbocycles. The van der Waals surface area contributed by atoms with Gasteiger partial charge >= 0.3 is 0 Å². The van der Waals surface area contributed by atoms with Gasteiger partial charge in [0.15, 0.2) is 5.65 Å². The van der Waals surface area contributed by atoms with Gasteiger partial charge in [0, 0.05) is 5.69 Å². The van der Waals surface area contributed by atoms with Gasteiger partial charge in [0.1, 0.15) is 0 Å². The molecule has 2 heterocycles. The second kappa shape index (κ2) is 1.95. The third-order valence-electron chi connectivity index (χ3n) is 1.57. The van der Waals surface area contributed by atoms with Crippen LogP contribution in [0.3, 0.4) is 0 Å². The second-order valence-electron chi connectivity index (χ2n) is 2.41. The van der Waals surface area contributed by atoms with Crippen molar-refractivity contribution >= 4 is 11.6 Å². The average molecular weight is 148 g/mol. The number of anilines is 1. The fourth-order valence-corrected chi connectivity index (χ4v) is 1.05. The molecule has 0 radical (unpaired) electrons. The predicted octanol–water partition coefficient (Wildman–Crippen LogP) is 0.620. The molecule has 0 bridgehead atoms. The van der Waals surface area contributed by atoms with Crippen LogP contribution < -0.4 is 5.73 Å². The molecule has 2 rings (SSSR count). The number of hydrogen-bond donors (Lipinski definition) is 1. The van der Waals surface area contributed by atoms with E-state index < -0.39 is 0 Å². The first-order chi connectivity index (χ1) is 5.27. The van der Waals surface area contributed by atoms with Crippen molar-refractivity contribution in [2.45, 2.75) is 6.92 Å². The molecule has 0 atom stereocenters. The lowest BCUT2D eigenvalue weighted by Crippen LogP contribution is -1.92. The summed E-state index contributed by atoms with van der Waals surface area (Å²) in [5, 5.41) is 4.00. The highest BCUT2D eigenvalue weighted by Crippen LogP contribution is 2.04. The molecule has 11 heavy (non-hydrogen) atoms. The number of nitrogens with zero attached hydrogens (tertiary/aromatic N) is 3.